The Morgan fingerprint density at radius 2 is 2.31 bits per heavy atom. The van der Waals surface area contributed by atoms with Crippen molar-refractivity contribution < 1.29 is 0 Å². The van der Waals surface area contributed by atoms with Crippen molar-refractivity contribution in [2.24, 2.45) is 5.73 Å². The van der Waals surface area contributed by atoms with E-state index in [1.54, 1.807) is 6.20 Å². The third kappa shape index (κ3) is 1.89. The molecule has 1 saturated heterocycles. The highest BCUT2D eigenvalue weighted by Gasteiger charge is 2.31. The van der Waals surface area contributed by atoms with Crippen LogP contribution in [0.1, 0.15) is 38.7 Å². The number of nitrogens with zero attached hydrogens (tertiary/aromatic N) is 3. The number of rotatable bonds is 3. The summed E-state index contributed by atoms with van der Waals surface area (Å²) in [5, 5.41) is 8.27. The minimum absolute atomic E-state index is 0.532. The predicted octanol–water partition coefficient (Wildman–Crippen LogP) is 1.70. The maximum atomic E-state index is 5.76. The smallest absolute Gasteiger partial charge is 0.156 e. The lowest BCUT2D eigenvalue weighted by Gasteiger charge is -2.30. The summed E-state index contributed by atoms with van der Waals surface area (Å²) in [6.07, 6.45) is 5.36. The molecule has 0 amide bonds. The van der Waals surface area contributed by atoms with E-state index in [9.17, 15) is 0 Å². The molecule has 1 aromatic heterocycles. The molecule has 0 spiro atoms. The number of anilines is 1. The van der Waals surface area contributed by atoms with Gasteiger partial charge in [-0.1, -0.05) is 6.92 Å². The second-order valence-electron chi connectivity index (χ2n) is 4.48. The van der Waals surface area contributed by atoms with Crippen LogP contribution in [0.3, 0.4) is 0 Å². The van der Waals surface area contributed by atoms with Gasteiger partial charge in [0.1, 0.15) is 0 Å². The summed E-state index contributed by atoms with van der Waals surface area (Å²) in [6.45, 7) is 5.02. The van der Waals surface area contributed by atoms with Crippen molar-refractivity contribution in [2.45, 2.75) is 51.7 Å². The molecule has 1 fully saturated rings. The summed E-state index contributed by atoms with van der Waals surface area (Å²) in [6, 6.07) is 3.11. The van der Waals surface area contributed by atoms with Crippen LogP contribution in [0.25, 0.3) is 0 Å². The Labute approximate surface area is 96.9 Å². The molecule has 2 atom stereocenters. The lowest BCUT2D eigenvalue weighted by atomic mass is 10.1. The van der Waals surface area contributed by atoms with E-state index in [4.69, 9.17) is 5.73 Å². The topological polar surface area (TPSA) is 55.0 Å². The van der Waals surface area contributed by atoms with Gasteiger partial charge >= 0.3 is 0 Å². The lowest BCUT2D eigenvalue weighted by molar-refractivity contribution is 0.613. The average molecular weight is 220 g/mol. The SMILES string of the molecule is CCC1CCC(C)N1c1nnccc1CN. The van der Waals surface area contributed by atoms with Crippen molar-refractivity contribution in [3.8, 4) is 0 Å². The molecule has 2 unspecified atom stereocenters. The Bertz CT molecular complexity index is 353. The average Bonchev–Trinajstić information content (AvgIpc) is 2.70. The fourth-order valence-electron chi connectivity index (χ4n) is 2.58. The van der Waals surface area contributed by atoms with Crippen molar-refractivity contribution in [3.05, 3.63) is 17.8 Å². The molecule has 16 heavy (non-hydrogen) atoms. The fraction of sp³-hybridized carbons (Fsp3) is 0.667. The van der Waals surface area contributed by atoms with Crippen molar-refractivity contribution in [3.63, 3.8) is 0 Å². The lowest BCUT2D eigenvalue weighted by Crippen LogP contribution is -2.36. The zero-order chi connectivity index (χ0) is 11.5. The first-order chi connectivity index (χ1) is 7.77. The molecule has 2 N–H and O–H groups in total. The minimum Gasteiger partial charge on any atom is -0.349 e. The summed E-state index contributed by atoms with van der Waals surface area (Å²) in [7, 11) is 0. The van der Waals surface area contributed by atoms with Crippen LogP contribution in [0.4, 0.5) is 5.82 Å². The zero-order valence-electron chi connectivity index (χ0n) is 10.1. The highest BCUT2D eigenvalue weighted by atomic mass is 15.3. The van der Waals surface area contributed by atoms with Crippen LogP contribution >= 0.6 is 0 Å². The molecule has 0 bridgehead atoms. The van der Waals surface area contributed by atoms with E-state index in [2.05, 4.69) is 28.9 Å². The highest BCUT2D eigenvalue weighted by Crippen LogP contribution is 2.32. The maximum Gasteiger partial charge on any atom is 0.156 e. The van der Waals surface area contributed by atoms with Gasteiger partial charge in [0, 0.05) is 24.2 Å². The summed E-state index contributed by atoms with van der Waals surface area (Å²) in [5.41, 5.74) is 6.86. The van der Waals surface area contributed by atoms with Crippen LogP contribution in [0.5, 0.6) is 0 Å². The molecule has 4 heteroatoms. The van der Waals surface area contributed by atoms with Gasteiger partial charge in [0.15, 0.2) is 5.82 Å². The first-order valence-corrected chi connectivity index (χ1v) is 6.06. The minimum atomic E-state index is 0.532. The molecular formula is C12H20N4. The molecular weight excluding hydrogens is 200 g/mol. The van der Waals surface area contributed by atoms with E-state index in [-0.39, 0.29) is 0 Å². The fourth-order valence-corrected chi connectivity index (χ4v) is 2.58. The number of hydrogen-bond acceptors (Lipinski definition) is 4. The van der Waals surface area contributed by atoms with E-state index < -0.39 is 0 Å². The quantitative estimate of drug-likeness (QED) is 0.842. The molecule has 0 aromatic carbocycles. The zero-order valence-corrected chi connectivity index (χ0v) is 10.1. The Morgan fingerprint density at radius 1 is 1.50 bits per heavy atom. The van der Waals surface area contributed by atoms with Crippen molar-refractivity contribution in [1.82, 2.24) is 10.2 Å². The third-order valence-electron chi connectivity index (χ3n) is 3.50. The molecule has 2 heterocycles. The van der Waals surface area contributed by atoms with E-state index in [0.29, 0.717) is 18.6 Å². The molecule has 1 aliphatic heterocycles. The van der Waals surface area contributed by atoms with Gasteiger partial charge in [-0.2, -0.15) is 5.10 Å². The van der Waals surface area contributed by atoms with E-state index >= 15 is 0 Å². The molecule has 1 aromatic rings. The standard InChI is InChI=1S/C12H20N4/c1-3-11-5-4-9(2)16(11)12-10(8-13)6-7-14-15-12/h6-7,9,11H,3-5,8,13H2,1-2H3. The molecule has 2 rings (SSSR count). The van der Waals surface area contributed by atoms with Gasteiger partial charge in [0.05, 0.1) is 6.20 Å². The van der Waals surface area contributed by atoms with Crippen LogP contribution in [-0.4, -0.2) is 22.3 Å². The second kappa shape index (κ2) is 4.78. The van der Waals surface area contributed by atoms with Crippen LogP contribution < -0.4 is 10.6 Å². The van der Waals surface area contributed by atoms with Crippen LogP contribution in [0, 0.1) is 0 Å². The molecule has 0 radical (unpaired) electrons. The largest absolute Gasteiger partial charge is 0.349 e. The van der Waals surface area contributed by atoms with Gasteiger partial charge in [-0.3, -0.25) is 0 Å². The summed E-state index contributed by atoms with van der Waals surface area (Å²) < 4.78 is 0. The second-order valence-corrected chi connectivity index (χ2v) is 4.48. The van der Waals surface area contributed by atoms with Gasteiger partial charge in [0.25, 0.3) is 0 Å². The number of nitrogens with two attached hydrogens (primary N) is 1. The normalized spacial score (nSPS) is 25.1. The Morgan fingerprint density at radius 3 is 3.00 bits per heavy atom. The van der Waals surface area contributed by atoms with E-state index in [1.165, 1.54) is 12.8 Å². The van der Waals surface area contributed by atoms with Crippen molar-refractivity contribution in [2.75, 3.05) is 4.90 Å². The Balaban J connectivity index is 2.34. The van der Waals surface area contributed by atoms with Gasteiger partial charge in [-0.05, 0) is 32.3 Å². The Hall–Kier alpha value is -1.16. The summed E-state index contributed by atoms with van der Waals surface area (Å²) in [5.74, 6) is 0.988. The van der Waals surface area contributed by atoms with Crippen molar-refractivity contribution >= 4 is 5.82 Å². The van der Waals surface area contributed by atoms with Crippen LogP contribution in [0.2, 0.25) is 0 Å². The first-order valence-electron chi connectivity index (χ1n) is 6.06. The summed E-state index contributed by atoms with van der Waals surface area (Å²) in [4.78, 5) is 2.40. The monoisotopic (exact) mass is 220 g/mol. The van der Waals surface area contributed by atoms with Gasteiger partial charge in [0.2, 0.25) is 0 Å². The van der Waals surface area contributed by atoms with Crippen molar-refractivity contribution in [1.29, 1.82) is 0 Å². The molecule has 4 nitrogen and oxygen atoms in total. The van der Waals surface area contributed by atoms with E-state index in [1.807, 2.05) is 6.07 Å². The number of hydrogen-bond donors (Lipinski definition) is 1. The van der Waals surface area contributed by atoms with Gasteiger partial charge in [-0.15, -0.1) is 5.10 Å². The third-order valence-corrected chi connectivity index (χ3v) is 3.50. The molecule has 88 valence electrons. The highest BCUT2D eigenvalue weighted by molar-refractivity contribution is 5.48. The molecule has 1 aliphatic rings. The first kappa shape index (κ1) is 11.3. The summed E-state index contributed by atoms with van der Waals surface area (Å²) >= 11 is 0. The van der Waals surface area contributed by atoms with Crippen LogP contribution in [0.15, 0.2) is 12.3 Å². The van der Waals surface area contributed by atoms with E-state index in [0.717, 1.165) is 17.8 Å². The Kier molecular flexibility index (Phi) is 3.39. The maximum absolute atomic E-state index is 5.76. The van der Waals surface area contributed by atoms with Gasteiger partial charge in [-0.25, -0.2) is 0 Å². The van der Waals surface area contributed by atoms with Gasteiger partial charge < -0.3 is 10.6 Å². The number of aromatic nitrogens is 2. The molecule has 0 saturated carbocycles. The van der Waals surface area contributed by atoms with Crippen LogP contribution in [-0.2, 0) is 6.54 Å². The predicted molar refractivity (Wildman–Crippen MR) is 65.2 cm³/mol. The molecule has 0 aliphatic carbocycles.